The Kier molecular flexibility index (Phi) is 8.04. The lowest BCUT2D eigenvalue weighted by molar-refractivity contribution is 0.0808. The van der Waals surface area contributed by atoms with Crippen LogP contribution in [-0.2, 0) is 0 Å². The van der Waals surface area contributed by atoms with Crippen molar-refractivity contribution in [3.63, 3.8) is 0 Å². The summed E-state index contributed by atoms with van der Waals surface area (Å²) in [5, 5.41) is 4.27. The van der Waals surface area contributed by atoms with Gasteiger partial charge in [-0.05, 0) is 49.9 Å². The number of hydrogen-bond donors (Lipinski definition) is 1. The first-order chi connectivity index (χ1) is 14.3. The standard InChI is InChI=1S/C24H30Cl2N2O2/c1-16(2)23(27-24(29)18-6-4-17(3)5-7-18)15-28-12-10-19(11-13-28)30-20-8-9-21(25)22(26)14-20/h4-9,14,16,19,23H,10-13,15H2,1-3H3,(H,27,29)/t23-/m1/s1. The number of ether oxygens (including phenoxy) is 1. The maximum Gasteiger partial charge on any atom is 0.251 e. The van der Waals surface area contributed by atoms with Crippen LogP contribution in [0, 0.1) is 12.8 Å². The van der Waals surface area contributed by atoms with E-state index in [1.54, 1.807) is 12.1 Å². The van der Waals surface area contributed by atoms with Gasteiger partial charge in [0.15, 0.2) is 0 Å². The maximum atomic E-state index is 12.6. The smallest absolute Gasteiger partial charge is 0.251 e. The van der Waals surface area contributed by atoms with Gasteiger partial charge in [0.1, 0.15) is 11.9 Å². The third kappa shape index (κ3) is 6.37. The molecule has 0 saturated carbocycles. The highest BCUT2D eigenvalue weighted by Gasteiger charge is 2.25. The molecule has 1 heterocycles. The summed E-state index contributed by atoms with van der Waals surface area (Å²) in [5.74, 6) is 1.10. The number of likely N-dealkylation sites (tertiary alicyclic amines) is 1. The first kappa shape index (κ1) is 22.9. The van der Waals surface area contributed by atoms with Crippen LogP contribution < -0.4 is 10.1 Å². The van der Waals surface area contributed by atoms with Gasteiger partial charge in [0, 0.05) is 37.3 Å². The Morgan fingerprint density at radius 2 is 1.77 bits per heavy atom. The minimum atomic E-state index is -0.00784. The Morgan fingerprint density at radius 3 is 2.37 bits per heavy atom. The second-order valence-electron chi connectivity index (χ2n) is 8.38. The van der Waals surface area contributed by atoms with E-state index in [0.29, 0.717) is 21.5 Å². The van der Waals surface area contributed by atoms with Gasteiger partial charge < -0.3 is 15.0 Å². The summed E-state index contributed by atoms with van der Waals surface area (Å²) in [6.07, 6.45) is 2.05. The average molecular weight is 449 g/mol. The van der Waals surface area contributed by atoms with Crippen LogP contribution in [0.3, 0.4) is 0 Å². The molecule has 162 valence electrons. The van der Waals surface area contributed by atoms with Crippen LogP contribution in [0.1, 0.15) is 42.6 Å². The molecule has 1 atom stereocenters. The predicted molar refractivity (Wildman–Crippen MR) is 124 cm³/mol. The molecule has 2 aromatic carbocycles. The number of rotatable bonds is 7. The van der Waals surface area contributed by atoms with Gasteiger partial charge in [-0.3, -0.25) is 4.79 Å². The number of hydrogen-bond acceptors (Lipinski definition) is 3. The number of benzene rings is 2. The zero-order valence-corrected chi connectivity index (χ0v) is 19.3. The summed E-state index contributed by atoms with van der Waals surface area (Å²) in [7, 11) is 0. The fourth-order valence-electron chi connectivity index (χ4n) is 3.61. The van der Waals surface area contributed by atoms with Gasteiger partial charge in [0.05, 0.1) is 10.0 Å². The molecule has 6 heteroatoms. The molecule has 1 aliphatic heterocycles. The normalized spacial score (nSPS) is 16.5. The van der Waals surface area contributed by atoms with E-state index < -0.39 is 0 Å². The van der Waals surface area contributed by atoms with Crippen LogP contribution in [0.25, 0.3) is 0 Å². The van der Waals surface area contributed by atoms with Gasteiger partial charge >= 0.3 is 0 Å². The van der Waals surface area contributed by atoms with Crippen LogP contribution in [0.2, 0.25) is 10.0 Å². The molecule has 4 nitrogen and oxygen atoms in total. The maximum absolute atomic E-state index is 12.6. The van der Waals surface area contributed by atoms with Crippen molar-refractivity contribution in [3.8, 4) is 5.75 Å². The number of carbonyl (C=O) groups is 1. The molecule has 0 aliphatic carbocycles. The van der Waals surface area contributed by atoms with Crippen LogP contribution in [0.4, 0.5) is 0 Å². The minimum absolute atomic E-state index is 0.00784. The molecule has 1 aliphatic rings. The average Bonchev–Trinajstić information content (AvgIpc) is 2.72. The fraction of sp³-hybridized carbons (Fsp3) is 0.458. The van der Waals surface area contributed by atoms with Crippen molar-refractivity contribution in [2.24, 2.45) is 5.92 Å². The van der Waals surface area contributed by atoms with Gasteiger partial charge in [0.2, 0.25) is 0 Å². The molecule has 0 unspecified atom stereocenters. The zero-order chi connectivity index (χ0) is 21.7. The molecule has 0 aromatic heterocycles. The number of piperidine rings is 1. The highest BCUT2D eigenvalue weighted by atomic mass is 35.5. The van der Waals surface area contributed by atoms with Crippen LogP contribution in [0.5, 0.6) is 5.75 Å². The number of nitrogens with zero attached hydrogens (tertiary/aromatic N) is 1. The van der Waals surface area contributed by atoms with Gasteiger partial charge in [-0.25, -0.2) is 0 Å². The molecule has 0 radical (unpaired) electrons. The van der Waals surface area contributed by atoms with E-state index in [1.165, 1.54) is 0 Å². The molecular formula is C24H30Cl2N2O2. The first-order valence-corrected chi connectivity index (χ1v) is 11.3. The summed E-state index contributed by atoms with van der Waals surface area (Å²) in [6, 6.07) is 13.2. The van der Waals surface area contributed by atoms with E-state index in [4.69, 9.17) is 27.9 Å². The molecule has 30 heavy (non-hydrogen) atoms. The lowest BCUT2D eigenvalue weighted by atomic mass is 10.0. The van der Waals surface area contributed by atoms with Gasteiger partial charge in [-0.1, -0.05) is 54.7 Å². The Hall–Kier alpha value is -1.75. The van der Waals surface area contributed by atoms with Crippen molar-refractivity contribution in [1.29, 1.82) is 0 Å². The predicted octanol–water partition coefficient (Wildman–Crippen LogP) is 5.60. The molecule has 0 spiro atoms. The van der Waals surface area contributed by atoms with Crippen LogP contribution in [-0.4, -0.2) is 42.6 Å². The Bertz CT molecular complexity index is 847. The third-order valence-electron chi connectivity index (χ3n) is 5.62. The minimum Gasteiger partial charge on any atom is -0.490 e. The lowest BCUT2D eigenvalue weighted by Gasteiger charge is -2.35. The summed E-state index contributed by atoms with van der Waals surface area (Å²) in [4.78, 5) is 15.1. The molecule has 3 rings (SSSR count). The molecule has 0 bridgehead atoms. The number of nitrogens with one attached hydrogen (secondary N) is 1. The molecule has 1 fully saturated rings. The van der Waals surface area contributed by atoms with Crippen molar-refractivity contribution >= 4 is 29.1 Å². The Balaban J connectivity index is 1.50. The quantitative estimate of drug-likeness (QED) is 0.598. The van der Waals surface area contributed by atoms with Gasteiger partial charge in [-0.2, -0.15) is 0 Å². The largest absolute Gasteiger partial charge is 0.490 e. The highest BCUT2D eigenvalue weighted by molar-refractivity contribution is 6.42. The van der Waals surface area contributed by atoms with Crippen molar-refractivity contribution in [2.75, 3.05) is 19.6 Å². The molecular weight excluding hydrogens is 419 g/mol. The SMILES string of the molecule is Cc1ccc(C(=O)N[C@H](CN2CCC(Oc3ccc(Cl)c(Cl)c3)CC2)C(C)C)cc1. The van der Waals surface area contributed by atoms with E-state index in [9.17, 15) is 4.79 Å². The highest BCUT2D eigenvalue weighted by Crippen LogP contribution is 2.28. The van der Waals surface area contributed by atoms with Crippen LogP contribution in [0.15, 0.2) is 42.5 Å². The second kappa shape index (κ2) is 10.5. The lowest BCUT2D eigenvalue weighted by Crippen LogP contribution is -2.49. The zero-order valence-electron chi connectivity index (χ0n) is 17.8. The first-order valence-electron chi connectivity index (χ1n) is 10.5. The van der Waals surface area contributed by atoms with E-state index in [1.807, 2.05) is 37.3 Å². The monoisotopic (exact) mass is 448 g/mol. The number of amides is 1. The van der Waals surface area contributed by atoms with Gasteiger partial charge in [-0.15, -0.1) is 0 Å². The van der Waals surface area contributed by atoms with Crippen molar-refractivity contribution in [2.45, 2.75) is 45.8 Å². The van der Waals surface area contributed by atoms with Crippen molar-refractivity contribution in [3.05, 3.63) is 63.6 Å². The van der Waals surface area contributed by atoms with Crippen LogP contribution >= 0.6 is 23.2 Å². The second-order valence-corrected chi connectivity index (χ2v) is 9.20. The van der Waals surface area contributed by atoms with Crippen molar-refractivity contribution in [1.82, 2.24) is 10.2 Å². The molecule has 1 amide bonds. The van der Waals surface area contributed by atoms with E-state index >= 15 is 0 Å². The third-order valence-corrected chi connectivity index (χ3v) is 6.36. The molecule has 2 aromatic rings. The number of halogens is 2. The summed E-state index contributed by atoms with van der Waals surface area (Å²) < 4.78 is 6.08. The van der Waals surface area contributed by atoms with E-state index in [-0.39, 0.29) is 18.1 Å². The Labute approximate surface area is 189 Å². The molecule has 1 saturated heterocycles. The van der Waals surface area contributed by atoms with Crippen molar-refractivity contribution < 1.29 is 9.53 Å². The van der Waals surface area contributed by atoms with E-state index in [2.05, 4.69) is 24.1 Å². The fourth-order valence-corrected chi connectivity index (χ4v) is 3.90. The number of aryl methyl sites for hydroxylation is 1. The summed E-state index contributed by atoms with van der Waals surface area (Å²) in [6.45, 7) is 9.05. The van der Waals surface area contributed by atoms with E-state index in [0.717, 1.165) is 43.8 Å². The summed E-state index contributed by atoms with van der Waals surface area (Å²) >= 11 is 12.1. The summed E-state index contributed by atoms with van der Waals surface area (Å²) in [5.41, 5.74) is 1.86. The van der Waals surface area contributed by atoms with Gasteiger partial charge in [0.25, 0.3) is 5.91 Å². The number of carbonyl (C=O) groups excluding carboxylic acids is 1. The molecule has 1 N–H and O–H groups in total. The topological polar surface area (TPSA) is 41.6 Å². The Morgan fingerprint density at radius 1 is 1.10 bits per heavy atom.